The Labute approximate surface area is 127 Å². The fraction of sp³-hybridized carbons (Fsp3) is 0.267. The van der Waals surface area contributed by atoms with Gasteiger partial charge in [-0.15, -0.1) is 0 Å². The fourth-order valence-corrected chi connectivity index (χ4v) is 4.20. The van der Waals surface area contributed by atoms with Crippen LogP contribution in [0.2, 0.25) is 0 Å². The molecule has 116 valence electrons. The van der Waals surface area contributed by atoms with Gasteiger partial charge in [-0.3, -0.25) is 0 Å². The third-order valence-corrected chi connectivity index (χ3v) is 5.38. The molecule has 3 rings (SSSR count). The molecule has 0 radical (unpaired) electrons. The number of aromatic carboxylic acids is 1. The lowest BCUT2D eigenvalue weighted by atomic mass is 10.1. The van der Waals surface area contributed by atoms with Crippen LogP contribution in [0.25, 0.3) is 0 Å². The van der Waals surface area contributed by atoms with Crippen LogP contribution in [-0.4, -0.2) is 19.5 Å². The highest BCUT2D eigenvalue weighted by molar-refractivity contribution is 7.89. The Morgan fingerprint density at radius 3 is 2.77 bits per heavy atom. The number of aryl methyl sites for hydroxylation is 2. The van der Waals surface area contributed by atoms with E-state index in [-0.39, 0.29) is 22.5 Å². The fourth-order valence-electron chi connectivity index (χ4n) is 2.77. The molecule has 0 amide bonds. The molecule has 2 aromatic rings. The molecule has 1 unspecified atom stereocenters. The number of fused-ring (bicyclic) bond motifs is 1. The molecule has 0 aliphatic heterocycles. The average Bonchev–Trinajstić information content (AvgIpc) is 3.03. The molecule has 1 aromatic heterocycles. The topological polar surface area (TPSA) is 96.6 Å². The van der Waals surface area contributed by atoms with Crippen molar-refractivity contribution in [3.63, 3.8) is 0 Å². The second-order valence-electron chi connectivity index (χ2n) is 5.25. The third-order valence-electron chi connectivity index (χ3n) is 3.80. The first-order valence-electron chi connectivity index (χ1n) is 6.82. The lowest BCUT2D eigenvalue weighted by Crippen LogP contribution is -2.27. The molecule has 1 atom stereocenters. The Balaban J connectivity index is 1.91. The van der Waals surface area contributed by atoms with Crippen LogP contribution in [0.15, 0.2) is 39.6 Å². The van der Waals surface area contributed by atoms with E-state index in [0.717, 1.165) is 23.6 Å². The van der Waals surface area contributed by atoms with Gasteiger partial charge in [0.2, 0.25) is 15.8 Å². The predicted octanol–water partition coefficient (Wildman–Crippen LogP) is 2.25. The third kappa shape index (κ3) is 2.53. The van der Waals surface area contributed by atoms with Gasteiger partial charge in [0.05, 0.1) is 0 Å². The molecule has 6 nitrogen and oxygen atoms in total. The summed E-state index contributed by atoms with van der Waals surface area (Å²) in [6, 6.07) is 8.42. The summed E-state index contributed by atoms with van der Waals surface area (Å²) in [5.41, 5.74) is 2.09. The minimum atomic E-state index is -3.84. The molecular weight excluding hydrogens is 306 g/mol. The van der Waals surface area contributed by atoms with Crippen molar-refractivity contribution in [2.75, 3.05) is 0 Å². The Morgan fingerprint density at radius 1 is 1.36 bits per heavy atom. The van der Waals surface area contributed by atoms with Crippen LogP contribution in [0.4, 0.5) is 0 Å². The number of carboxylic acids is 1. The molecule has 0 saturated heterocycles. The van der Waals surface area contributed by atoms with E-state index in [1.807, 2.05) is 24.3 Å². The van der Waals surface area contributed by atoms with Gasteiger partial charge in [0.25, 0.3) is 0 Å². The number of sulfonamides is 1. The summed E-state index contributed by atoms with van der Waals surface area (Å²) in [7, 11) is -3.84. The lowest BCUT2D eigenvalue weighted by Gasteiger charge is -2.13. The Kier molecular flexibility index (Phi) is 3.54. The highest BCUT2D eigenvalue weighted by Crippen LogP contribution is 2.32. The van der Waals surface area contributed by atoms with E-state index >= 15 is 0 Å². The molecular formula is C15H15NO5S. The Morgan fingerprint density at radius 2 is 2.09 bits per heavy atom. The van der Waals surface area contributed by atoms with E-state index < -0.39 is 16.0 Å². The van der Waals surface area contributed by atoms with Gasteiger partial charge < -0.3 is 9.52 Å². The average molecular weight is 321 g/mol. The van der Waals surface area contributed by atoms with Crippen molar-refractivity contribution >= 4 is 16.0 Å². The van der Waals surface area contributed by atoms with Gasteiger partial charge in [0.1, 0.15) is 10.7 Å². The highest BCUT2D eigenvalue weighted by Gasteiger charge is 2.30. The molecule has 7 heteroatoms. The van der Waals surface area contributed by atoms with E-state index in [9.17, 15) is 13.2 Å². The lowest BCUT2D eigenvalue weighted by molar-refractivity contribution is 0.0661. The second kappa shape index (κ2) is 5.26. The van der Waals surface area contributed by atoms with Crippen molar-refractivity contribution in [3.05, 3.63) is 53.0 Å². The smallest absolute Gasteiger partial charge is 0.371 e. The maximum Gasteiger partial charge on any atom is 0.371 e. The number of benzene rings is 1. The molecule has 0 bridgehead atoms. The molecule has 0 fully saturated rings. The van der Waals surface area contributed by atoms with E-state index in [1.54, 1.807) is 0 Å². The zero-order chi connectivity index (χ0) is 15.9. The minimum Gasteiger partial charge on any atom is -0.475 e. The summed E-state index contributed by atoms with van der Waals surface area (Å²) in [6.07, 6.45) is 1.50. The number of hydrogen-bond donors (Lipinski definition) is 2. The van der Waals surface area contributed by atoms with Gasteiger partial charge in [0.15, 0.2) is 0 Å². The summed E-state index contributed by atoms with van der Waals surface area (Å²) in [5, 5.41) is 8.89. The first-order chi connectivity index (χ1) is 10.4. The number of furan rings is 1. The predicted molar refractivity (Wildman–Crippen MR) is 78.2 cm³/mol. The van der Waals surface area contributed by atoms with E-state index in [0.29, 0.717) is 6.42 Å². The summed E-state index contributed by atoms with van der Waals surface area (Å²) >= 11 is 0. The normalized spacial score (nSPS) is 17.4. The van der Waals surface area contributed by atoms with Crippen LogP contribution in [0.5, 0.6) is 0 Å². The standard InChI is InChI=1S/C15H15NO5S/c1-9-14(8-13(21-9)15(17)18)22(19,20)16-12-7-6-10-4-2-3-5-11(10)12/h2-5,8,12,16H,6-7H2,1H3,(H,17,18). The van der Waals surface area contributed by atoms with Gasteiger partial charge in [0, 0.05) is 12.1 Å². The van der Waals surface area contributed by atoms with E-state index in [1.165, 1.54) is 6.92 Å². The highest BCUT2D eigenvalue weighted by atomic mass is 32.2. The Bertz CT molecular complexity index is 837. The van der Waals surface area contributed by atoms with Gasteiger partial charge in [-0.2, -0.15) is 0 Å². The van der Waals surface area contributed by atoms with Crippen molar-refractivity contribution in [3.8, 4) is 0 Å². The number of rotatable bonds is 4. The first kappa shape index (κ1) is 14.8. The number of hydrogen-bond acceptors (Lipinski definition) is 4. The summed E-state index contributed by atoms with van der Waals surface area (Å²) in [6.45, 7) is 1.43. The second-order valence-corrected chi connectivity index (χ2v) is 6.93. The van der Waals surface area contributed by atoms with Gasteiger partial charge >= 0.3 is 5.97 Å². The van der Waals surface area contributed by atoms with Crippen molar-refractivity contribution in [2.24, 2.45) is 0 Å². The molecule has 0 spiro atoms. The van der Waals surface area contributed by atoms with Crippen molar-refractivity contribution < 1.29 is 22.7 Å². The van der Waals surface area contributed by atoms with Crippen LogP contribution < -0.4 is 4.72 Å². The summed E-state index contributed by atoms with van der Waals surface area (Å²) < 4.78 is 32.6. The molecule has 1 aliphatic carbocycles. The SMILES string of the molecule is Cc1oc(C(=O)O)cc1S(=O)(=O)NC1CCc2ccccc21. The minimum absolute atomic E-state index is 0.0659. The maximum atomic E-state index is 12.5. The number of carboxylic acid groups (broad SMARTS) is 1. The first-order valence-corrected chi connectivity index (χ1v) is 8.30. The number of carbonyl (C=O) groups is 1. The van der Waals surface area contributed by atoms with Gasteiger partial charge in [-0.1, -0.05) is 24.3 Å². The van der Waals surface area contributed by atoms with E-state index in [4.69, 9.17) is 9.52 Å². The van der Waals surface area contributed by atoms with Crippen LogP contribution in [0.1, 0.15) is 39.9 Å². The zero-order valence-corrected chi connectivity index (χ0v) is 12.7. The molecule has 1 heterocycles. The van der Waals surface area contributed by atoms with Crippen LogP contribution in [0, 0.1) is 6.92 Å². The molecule has 2 N–H and O–H groups in total. The molecule has 1 aliphatic rings. The van der Waals surface area contributed by atoms with Crippen molar-refractivity contribution in [1.82, 2.24) is 4.72 Å². The Hall–Kier alpha value is -2.12. The summed E-state index contributed by atoms with van der Waals surface area (Å²) in [4.78, 5) is 10.8. The van der Waals surface area contributed by atoms with Crippen LogP contribution in [0.3, 0.4) is 0 Å². The number of nitrogens with one attached hydrogen (secondary N) is 1. The quantitative estimate of drug-likeness (QED) is 0.900. The molecule has 22 heavy (non-hydrogen) atoms. The van der Waals surface area contributed by atoms with Crippen molar-refractivity contribution in [1.29, 1.82) is 0 Å². The largest absolute Gasteiger partial charge is 0.475 e. The summed E-state index contributed by atoms with van der Waals surface area (Å²) in [5.74, 6) is -1.61. The molecule has 0 saturated carbocycles. The van der Waals surface area contributed by atoms with E-state index in [2.05, 4.69) is 4.72 Å². The van der Waals surface area contributed by atoms with Gasteiger partial charge in [-0.25, -0.2) is 17.9 Å². The zero-order valence-electron chi connectivity index (χ0n) is 11.9. The monoisotopic (exact) mass is 321 g/mol. The van der Waals surface area contributed by atoms with Crippen LogP contribution in [-0.2, 0) is 16.4 Å². The van der Waals surface area contributed by atoms with Crippen LogP contribution >= 0.6 is 0 Å². The molecule has 1 aromatic carbocycles. The van der Waals surface area contributed by atoms with Crippen molar-refractivity contribution in [2.45, 2.75) is 30.7 Å². The van der Waals surface area contributed by atoms with Gasteiger partial charge in [-0.05, 0) is 30.9 Å². The maximum absolute atomic E-state index is 12.5.